The number of ketones is 1. The summed E-state index contributed by atoms with van der Waals surface area (Å²) in [6.07, 6.45) is 11.0. The minimum atomic E-state index is 0.262. The van der Waals surface area contributed by atoms with Crippen LogP contribution in [-0.4, -0.2) is 5.78 Å². The minimum absolute atomic E-state index is 0.262. The number of hydrogen-bond acceptors (Lipinski definition) is 2. The Bertz CT molecular complexity index is 585. The molecular weight excluding hydrogens is 270 g/mol. The average Bonchev–Trinajstić information content (AvgIpc) is 2.84. The topological polar surface area (TPSA) is 40.9 Å². The Morgan fingerprint density at radius 2 is 1.91 bits per heavy atom. The van der Waals surface area contributed by atoms with Gasteiger partial charge in [0, 0.05) is 6.42 Å². The highest BCUT2D eigenvalue weighted by atomic mass is 16.1. The van der Waals surface area contributed by atoms with E-state index in [0.717, 1.165) is 43.4 Å². The van der Waals surface area contributed by atoms with Crippen molar-refractivity contribution in [3.63, 3.8) is 0 Å². The van der Waals surface area contributed by atoms with Crippen LogP contribution in [0.3, 0.4) is 0 Å². The van der Waals surface area contributed by atoms with E-state index in [4.69, 9.17) is 0 Å². The Labute approximate surface area is 134 Å². The van der Waals surface area contributed by atoms with Gasteiger partial charge in [-0.3, -0.25) is 4.79 Å². The van der Waals surface area contributed by atoms with Crippen molar-refractivity contribution in [3.8, 4) is 6.07 Å². The lowest BCUT2D eigenvalue weighted by molar-refractivity contribution is -0.117. The van der Waals surface area contributed by atoms with E-state index in [0.29, 0.717) is 5.78 Å². The maximum atomic E-state index is 11.8. The molecule has 1 unspecified atom stereocenters. The van der Waals surface area contributed by atoms with E-state index in [1.54, 1.807) is 0 Å². The number of nitrogens with zero attached hydrogens (tertiary/aromatic N) is 1. The minimum Gasteiger partial charge on any atom is -0.295 e. The predicted molar refractivity (Wildman–Crippen MR) is 85.8 cm³/mol. The largest absolute Gasteiger partial charge is 0.295 e. The molecule has 22 heavy (non-hydrogen) atoms. The van der Waals surface area contributed by atoms with Crippen molar-refractivity contribution in [2.24, 2.45) is 34.5 Å². The first kappa shape index (κ1) is 14.5. The monoisotopic (exact) mass is 297 g/mol. The lowest BCUT2D eigenvalue weighted by Gasteiger charge is -2.57. The average molecular weight is 297 g/mol. The SMILES string of the molecule is C[C@]12CCC(=O)C=C1CC[C@@H]1[C@H]2CC[C@]2(C)C(C#N)CC[C@@H]12. The van der Waals surface area contributed by atoms with Crippen molar-refractivity contribution in [1.82, 2.24) is 0 Å². The third kappa shape index (κ3) is 1.75. The molecule has 0 aliphatic heterocycles. The fraction of sp³-hybridized carbons (Fsp3) is 0.800. The van der Waals surface area contributed by atoms with Gasteiger partial charge in [-0.1, -0.05) is 19.4 Å². The molecular formula is C20H27NO. The fourth-order valence-electron chi connectivity index (χ4n) is 6.77. The van der Waals surface area contributed by atoms with E-state index in [9.17, 15) is 10.1 Å². The van der Waals surface area contributed by atoms with E-state index in [1.807, 2.05) is 6.08 Å². The van der Waals surface area contributed by atoms with Crippen LogP contribution >= 0.6 is 0 Å². The van der Waals surface area contributed by atoms with Gasteiger partial charge in [-0.25, -0.2) is 0 Å². The summed E-state index contributed by atoms with van der Waals surface area (Å²) in [5.41, 5.74) is 1.98. The van der Waals surface area contributed by atoms with E-state index >= 15 is 0 Å². The molecule has 0 radical (unpaired) electrons. The molecule has 2 nitrogen and oxygen atoms in total. The number of allylic oxidation sites excluding steroid dienone is 1. The molecule has 0 amide bonds. The second-order valence-corrected chi connectivity index (χ2v) is 8.77. The summed E-state index contributed by atoms with van der Waals surface area (Å²) < 4.78 is 0. The van der Waals surface area contributed by atoms with Gasteiger partial charge in [0.1, 0.15) is 0 Å². The second-order valence-electron chi connectivity index (χ2n) is 8.77. The summed E-state index contributed by atoms with van der Waals surface area (Å²) >= 11 is 0. The molecule has 4 rings (SSSR count). The molecule has 4 aliphatic carbocycles. The molecule has 0 aromatic carbocycles. The number of hydrogen-bond donors (Lipinski definition) is 0. The molecule has 0 saturated heterocycles. The molecule has 0 N–H and O–H groups in total. The number of carbonyl (C=O) groups excluding carboxylic acids is 1. The van der Waals surface area contributed by atoms with Crippen molar-refractivity contribution in [3.05, 3.63) is 11.6 Å². The van der Waals surface area contributed by atoms with Gasteiger partial charge in [-0.05, 0) is 79.6 Å². The van der Waals surface area contributed by atoms with Crippen LogP contribution in [0.25, 0.3) is 0 Å². The zero-order valence-electron chi connectivity index (χ0n) is 13.9. The van der Waals surface area contributed by atoms with Crippen LogP contribution in [0.15, 0.2) is 11.6 Å². The van der Waals surface area contributed by atoms with Gasteiger partial charge in [0.25, 0.3) is 0 Å². The molecule has 3 fully saturated rings. The van der Waals surface area contributed by atoms with Crippen molar-refractivity contribution in [2.75, 3.05) is 0 Å². The van der Waals surface area contributed by atoms with Crippen LogP contribution in [-0.2, 0) is 4.79 Å². The Morgan fingerprint density at radius 1 is 1.09 bits per heavy atom. The van der Waals surface area contributed by atoms with E-state index in [2.05, 4.69) is 19.9 Å². The third-order valence-electron chi connectivity index (χ3n) is 8.12. The van der Waals surface area contributed by atoms with Gasteiger partial charge in [-0.2, -0.15) is 5.26 Å². The zero-order valence-corrected chi connectivity index (χ0v) is 13.9. The highest BCUT2D eigenvalue weighted by Crippen LogP contribution is 2.66. The Hall–Kier alpha value is -1.10. The number of rotatable bonds is 0. The molecule has 0 bridgehead atoms. The molecule has 0 aromatic rings. The van der Waals surface area contributed by atoms with Gasteiger partial charge in [0.05, 0.1) is 12.0 Å². The highest BCUT2D eigenvalue weighted by molar-refractivity contribution is 5.91. The van der Waals surface area contributed by atoms with Gasteiger partial charge in [-0.15, -0.1) is 0 Å². The van der Waals surface area contributed by atoms with Crippen LogP contribution < -0.4 is 0 Å². The van der Waals surface area contributed by atoms with Crippen LogP contribution in [0.1, 0.15) is 65.2 Å². The molecule has 6 atom stereocenters. The van der Waals surface area contributed by atoms with Crippen LogP contribution in [0.5, 0.6) is 0 Å². The lowest BCUT2D eigenvalue weighted by atomic mass is 9.47. The Balaban J connectivity index is 1.68. The number of fused-ring (bicyclic) bond motifs is 5. The standard InChI is InChI=1S/C20H27NO/c1-19-9-7-15(22)11-13(19)3-5-16-17-6-4-14(12-21)20(17,2)10-8-18(16)19/h11,14,16-18H,3-10H2,1-2H3/t14?,16-,17-,18+,19-,20+/m0/s1. The molecule has 118 valence electrons. The van der Waals surface area contributed by atoms with Crippen LogP contribution in [0.2, 0.25) is 0 Å². The zero-order chi connectivity index (χ0) is 15.5. The highest BCUT2D eigenvalue weighted by Gasteiger charge is 2.58. The van der Waals surface area contributed by atoms with Crippen LogP contribution in [0.4, 0.5) is 0 Å². The van der Waals surface area contributed by atoms with E-state index < -0.39 is 0 Å². The van der Waals surface area contributed by atoms with Gasteiger partial charge >= 0.3 is 0 Å². The maximum Gasteiger partial charge on any atom is 0.155 e. The van der Waals surface area contributed by atoms with Crippen LogP contribution in [0, 0.1) is 45.8 Å². The fourth-order valence-corrected chi connectivity index (χ4v) is 6.77. The lowest BCUT2D eigenvalue weighted by Crippen LogP contribution is -2.50. The number of carbonyl (C=O) groups is 1. The first-order chi connectivity index (χ1) is 10.5. The third-order valence-corrected chi connectivity index (χ3v) is 8.12. The summed E-state index contributed by atoms with van der Waals surface area (Å²) in [7, 11) is 0. The molecule has 3 saturated carbocycles. The van der Waals surface area contributed by atoms with Crippen molar-refractivity contribution >= 4 is 5.78 Å². The summed E-state index contributed by atoms with van der Waals surface area (Å²) in [6, 6.07) is 2.61. The first-order valence-electron chi connectivity index (χ1n) is 9.12. The normalized spacial score (nSPS) is 50.4. The molecule has 0 heterocycles. The van der Waals surface area contributed by atoms with Gasteiger partial charge in [0.15, 0.2) is 5.78 Å². The van der Waals surface area contributed by atoms with Gasteiger partial charge < -0.3 is 0 Å². The summed E-state index contributed by atoms with van der Waals surface area (Å²) in [4.78, 5) is 11.8. The summed E-state index contributed by atoms with van der Waals surface area (Å²) in [5.74, 6) is 2.89. The molecule has 2 heteroatoms. The first-order valence-corrected chi connectivity index (χ1v) is 9.12. The second kappa shape index (κ2) is 4.70. The molecule has 0 aromatic heterocycles. The predicted octanol–water partition coefficient (Wildman–Crippen LogP) is 4.66. The summed E-state index contributed by atoms with van der Waals surface area (Å²) in [6.45, 7) is 4.83. The molecule has 4 aliphatic rings. The maximum absolute atomic E-state index is 11.8. The van der Waals surface area contributed by atoms with Crippen molar-refractivity contribution < 1.29 is 4.79 Å². The van der Waals surface area contributed by atoms with Crippen molar-refractivity contribution in [1.29, 1.82) is 5.26 Å². The number of nitriles is 1. The Morgan fingerprint density at radius 3 is 2.68 bits per heavy atom. The van der Waals surface area contributed by atoms with E-state index in [-0.39, 0.29) is 16.7 Å². The smallest absolute Gasteiger partial charge is 0.155 e. The summed E-state index contributed by atoms with van der Waals surface area (Å²) in [5, 5.41) is 9.54. The van der Waals surface area contributed by atoms with Crippen molar-refractivity contribution in [2.45, 2.75) is 65.2 Å². The Kier molecular flexibility index (Phi) is 3.09. The quantitative estimate of drug-likeness (QED) is 0.652. The van der Waals surface area contributed by atoms with Gasteiger partial charge in [0.2, 0.25) is 0 Å². The van der Waals surface area contributed by atoms with E-state index in [1.165, 1.54) is 31.3 Å². The molecule has 0 spiro atoms.